The second-order valence-electron chi connectivity index (χ2n) is 6.73. The minimum atomic E-state index is -0.169. The van der Waals surface area contributed by atoms with Crippen molar-refractivity contribution in [3.8, 4) is 0 Å². The Kier molecular flexibility index (Phi) is 5.55. The van der Waals surface area contributed by atoms with Gasteiger partial charge in [0.05, 0.1) is 12.1 Å². The van der Waals surface area contributed by atoms with Crippen molar-refractivity contribution in [2.45, 2.75) is 31.5 Å². The lowest BCUT2D eigenvalue weighted by atomic mass is 10.1. The number of tetrazole rings is 1. The van der Waals surface area contributed by atoms with E-state index >= 15 is 0 Å². The maximum Gasteiger partial charge on any atom is 0.237 e. The number of benzene rings is 1. The minimum absolute atomic E-state index is 0.0815. The molecule has 0 bridgehead atoms. The van der Waals surface area contributed by atoms with E-state index in [0.717, 1.165) is 19.5 Å². The number of carbonyl (C=O) groups excluding carboxylic acids is 1. The van der Waals surface area contributed by atoms with Gasteiger partial charge in [0.2, 0.25) is 5.91 Å². The van der Waals surface area contributed by atoms with E-state index in [9.17, 15) is 4.79 Å². The van der Waals surface area contributed by atoms with Crippen LogP contribution in [-0.2, 0) is 17.8 Å². The molecule has 1 fully saturated rings. The lowest BCUT2D eigenvalue weighted by Crippen LogP contribution is -2.43. The topological polar surface area (TPSA) is 75.9 Å². The number of amides is 1. The molecule has 2 aromatic heterocycles. The first-order chi connectivity index (χ1) is 13.3. The number of nitrogens with one attached hydrogen (secondary N) is 1. The fourth-order valence-electron chi connectivity index (χ4n) is 3.55. The third kappa shape index (κ3) is 4.40. The van der Waals surface area contributed by atoms with E-state index < -0.39 is 0 Å². The van der Waals surface area contributed by atoms with Crippen LogP contribution < -0.4 is 5.32 Å². The van der Waals surface area contributed by atoms with Crippen LogP contribution in [0.25, 0.3) is 0 Å². The van der Waals surface area contributed by atoms with E-state index in [4.69, 9.17) is 0 Å². The van der Waals surface area contributed by atoms with Gasteiger partial charge < -0.3 is 5.32 Å². The molecule has 1 amide bonds. The molecule has 8 heteroatoms. The lowest BCUT2D eigenvalue weighted by Gasteiger charge is -2.22. The molecule has 1 aliphatic heterocycles. The van der Waals surface area contributed by atoms with E-state index in [1.54, 1.807) is 22.3 Å². The van der Waals surface area contributed by atoms with Crippen LogP contribution in [0, 0.1) is 0 Å². The Hall–Kier alpha value is -2.58. The van der Waals surface area contributed by atoms with Crippen molar-refractivity contribution in [2.75, 3.05) is 13.1 Å². The van der Waals surface area contributed by atoms with Crippen molar-refractivity contribution in [1.29, 1.82) is 0 Å². The Balaban J connectivity index is 1.39. The van der Waals surface area contributed by atoms with Crippen LogP contribution in [0.4, 0.5) is 0 Å². The molecule has 1 aromatic carbocycles. The van der Waals surface area contributed by atoms with Crippen LogP contribution in [0.2, 0.25) is 0 Å². The molecule has 4 rings (SSSR count). The minimum Gasteiger partial charge on any atom is -0.354 e. The van der Waals surface area contributed by atoms with Crippen LogP contribution in [0.5, 0.6) is 0 Å². The second-order valence-corrected chi connectivity index (χ2v) is 7.76. The number of hydrogen-bond acceptors (Lipinski definition) is 6. The number of carbonyl (C=O) groups is 1. The number of likely N-dealkylation sites (tertiary alicyclic amines) is 1. The number of thiophene rings is 1. The molecule has 0 spiro atoms. The molecule has 3 aromatic rings. The van der Waals surface area contributed by atoms with Gasteiger partial charge in [0.25, 0.3) is 0 Å². The molecule has 1 N–H and O–H groups in total. The number of rotatable bonds is 7. The van der Waals surface area contributed by atoms with Crippen molar-refractivity contribution in [3.05, 3.63) is 64.6 Å². The zero-order chi connectivity index (χ0) is 18.5. The Labute approximate surface area is 162 Å². The molecule has 1 saturated heterocycles. The SMILES string of the molecule is O=C(NCCc1ccccc1)[C@@H]1C[C@@H](n2cnnn2)CN1Cc1cccs1. The van der Waals surface area contributed by atoms with Gasteiger partial charge in [-0.1, -0.05) is 36.4 Å². The summed E-state index contributed by atoms with van der Waals surface area (Å²) in [7, 11) is 0. The predicted octanol–water partition coefficient (Wildman–Crippen LogP) is 1.91. The molecule has 0 saturated carbocycles. The fourth-order valence-corrected chi connectivity index (χ4v) is 4.28. The molecular formula is C19H22N6OS. The Morgan fingerprint density at radius 3 is 2.85 bits per heavy atom. The number of hydrogen-bond donors (Lipinski definition) is 1. The van der Waals surface area contributed by atoms with Crippen molar-refractivity contribution in [1.82, 2.24) is 30.4 Å². The normalized spacial score (nSPS) is 20.0. The van der Waals surface area contributed by atoms with Crippen molar-refractivity contribution in [3.63, 3.8) is 0 Å². The summed E-state index contributed by atoms with van der Waals surface area (Å²) in [6.45, 7) is 2.18. The van der Waals surface area contributed by atoms with Crippen LogP contribution in [0.1, 0.15) is 22.9 Å². The molecule has 7 nitrogen and oxygen atoms in total. The average molecular weight is 382 g/mol. The van der Waals surface area contributed by atoms with Crippen molar-refractivity contribution in [2.24, 2.45) is 0 Å². The van der Waals surface area contributed by atoms with E-state index in [-0.39, 0.29) is 18.0 Å². The van der Waals surface area contributed by atoms with Gasteiger partial charge >= 0.3 is 0 Å². The molecule has 0 radical (unpaired) electrons. The van der Waals surface area contributed by atoms with Gasteiger partial charge in [0, 0.05) is 24.5 Å². The highest BCUT2D eigenvalue weighted by Gasteiger charge is 2.38. The first kappa shape index (κ1) is 17.8. The molecule has 140 valence electrons. The zero-order valence-electron chi connectivity index (χ0n) is 14.9. The fraction of sp³-hybridized carbons (Fsp3) is 0.368. The summed E-state index contributed by atoms with van der Waals surface area (Å²) >= 11 is 1.72. The van der Waals surface area contributed by atoms with Crippen LogP contribution >= 0.6 is 11.3 Å². The summed E-state index contributed by atoms with van der Waals surface area (Å²) in [5, 5.41) is 16.7. The monoisotopic (exact) mass is 382 g/mol. The van der Waals surface area contributed by atoms with E-state index in [2.05, 4.69) is 49.3 Å². The van der Waals surface area contributed by atoms with Gasteiger partial charge in [-0.3, -0.25) is 9.69 Å². The highest BCUT2D eigenvalue weighted by molar-refractivity contribution is 7.09. The molecule has 2 atom stereocenters. The summed E-state index contributed by atoms with van der Waals surface area (Å²) in [5.41, 5.74) is 1.23. The Morgan fingerprint density at radius 2 is 2.11 bits per heavy atom. The summed E-state index contributed by atoms with van der Waals surface area (Å²) in [5.74, 6) is 0.0815. The largest absolute Gasteiger partial charge is 0.354 e. The van der Waals surface area contributed by atoms with Crippen molar-refractivity contribution >= 4 is 17.2 Å². The highest BCUT2D eigenvalue weighted by atomic mass is 32.1. The molecule has 0 aliphatic carbocycles. The van der Waals surface area contributed by atoms with Crippen LogP contribution in [0.3, 0.4) is 0 Å². The maximum absolute atomic E-state index is 12.9. The van der Waals surface area contributed by atoms with E-state index in [1.807, 2.05) is 24.3 Å². The molecule has 27 heavy (non-hydrogen) atoms. The third-order valence-corrected chi connectivity index (χ3v) is 5.78. The second kappa shape index (κ2) is 8.41. The van der Waals surface area contributed by atoms with Gasteiger partial charge in [0.15, 0.2) is 0 Å². The van der Waals surface area contributed by atoms with Crippen LogP contribution in [-0.4, -0.2) is 50.1 Å². The van der Waals surface area contributed by atoms with E-state index in [0.29, 0.717) is 13.0 Å². The maximum atomic E-state index is 12.9. The third-order valence-electron chi connectivity index (χ3n) is 4.92. The summed E-state index contributed by atoms with van der Waals surface area (Å²) in [6.07, 6.45) is 3.18. The molecule has 1 aliphatic rings. The quantitative estimate of drug-likeness (QED) is 0.676. The van der Waals surface area contributed by atoms with Gasteiger partial charge in [-0.15, -0.1) is 16.4 Å². The zero-order valence-corrected chi connectivity index (χ0v) is 15.8. The van der Waals surface area contributed by atoms with Gasteiger partial charge in [0.1, 0.15) is 6.33 Å². The molecule has 0 unspecified atom stereocenters. The summed E-state index contributed by atoms with van der Waals surface area (Å²) in [4.78, 5) is 16.4. The van der Waals surface area contributed by atoms with Gasteiger partial charge in [-0.2, -0.15) is 0 Å². The van der Waals surface area contributed by atoms with E-state index in [1.165, 1.54) is 10.4 Å². The van der Waals surface area contributed by atoms with Crippen molar-refractivity contribution < 1.29 is 4.79 Å². The van der Waals surface area contributed by atoms with Gasteiger partial charge in [-0.25, -0.2) is 4.68 Å². The Bertz CT molecular complexity index is 836. The lowest BCUT2D eigenvalue weighted by molar-refractivity contribution is -0.125. The molecule has 3 heterocycles. The predicted molar refractivity (Wildman–Crippen MR) is 103 cm³/mol. The average Bonchev–Trinajstić information content (AvgIpc) is 3.45. The van der Waals surface area contributed by atoms with Gasteiger partial charge in [-0.05, 0) is 40.3 Å². The number of aromatic nitrogens is 4. The highest BCUT2D eigenvalue weighted by Crippen LogP contribution is 2.29. The first-order valence-electron chi connectivity index (χ1n) is 9.10. The van der Waals surface area contributed by atoms with Crippen LogP contribution in [0.15, 0.2) is 54.2 Å². The number of nitrogens with zero attached hydrogens (tertiary/aromatic N) is 5. The standard InChI is InChI=1S/C19H22N6OS/c26-19(20-9-8-15-5-2-1-3-6-15)18-11-16(25-14-21-22-23-25)12-24(18)13-17-7-4-10-27-17/h1-7,10,14,16,18H,8-9,11-13H2,(H,20,26)/t16-,18+/m1/s1. The summed E-state index contributed by atoms with van der Waals surface area (Å²) in [6, 6.07) is 14.3. The smallest absolute Gasteiger partial charge is 0.237 e. The Morgan fingerprint density at radius 1 is 1.22 bits per heavy atom. The summed E-state index contributed by atoms with van der Waals surface area (Å²) < 4.78 is 1.76. The molecular weight excluding hydrogens is 360 g/mol. The first-order valence-corrected chi connectivity index (χ1v) is 9.98.